The number of nitrogens with zero attached hydrogens (tertiary/aromatic N) is 1. The van der Waals surface area contributed by atoms with E-state index in [9.17, 15) is 9.59 Å². The normalized spacial score (nSPS) is 17.1. The van der Waals surface area contributed by atoms with Crippen molar-refractivity contribution in [3.05, 3.63) is 0 Å². The van der Waals surface area contributed by atoms with Crippen LogP contribution in [0.5, 0.6) is 0 Å². The molecular weight excluding hydrogens is 264 g/mol. The van der Waals surface area contributed by atoms with Gasteiger partial charge in [-0.25, -0.2) is 0 Å². The van der Waals surface area contributed by atoms with Crippen LogP contribution in [0, 0.1) is 17.3 Å². The molecule has 21 heavy (non-hydrogen) atoms. The molecule has 0 atom stereocenters. The van der Waals surface area contributed by atoms with Gasteiger partial charge in [0.05, 0.1) is 0 Å². The van der Waals surface area contributed by atoms with E-state index < -0.39 is 0 Å². The fourth-order valence-electron chi connectivity index (χ4n) is 3.41. The van der Waals surface area contributed by atoms with E-state index in [1.165, 1.54) is 0 Å². The second kappa shape index (κ2) is 7.81. The number of nitrogens with one attached hydrogen (secondary N) is 1. The first-order valence-corrected chi connectivity index (χ1v) is 8.32. The molecular formula is C17H32N2O2. The number of piperidine rings is 1. The first-order valence-electron chi connectivity index (χ1n) is 8.32. The summed E-state index contributed by atoms with van der Waals surface area (Å²) in [5.74, 6) is 1.36. The van der Waals surface area contributed by atoms with Crippen LogP contribution in [0.4, 0.5) is 0 Å². The van der Waals surface area contributed by atoms with Crippen molar-refractivity contribution in [3.8, 4) is 0 Å². The van der Waals surface area contributed by atoms with Crippen molar-refractivity contribution in [1.82, 2.24) is 10.2 Å². The molecule has 0 saturated carbocycles. The summed E-state index contributed by atoms with van der Waals surface area (Å²) in [5.41, 5.74) is -0.277. The number of rotatable bonds is 6. The SMILES string of the molecule is CCNC(=O)CC1CCN(C(=O)C(C)(C)CC(C)C)CC1. The first kappa shape index (κ1) is 18.0. The molecule has 0 aromatic rings. The predicted molar refractivity (Wildman–Crippen MR) is 85.8 cm³/mol. The molecule has 0 aromatic carbocycles. The lowest BCUT2D eigenvalue weighted by Crippen LogP contribution is -2.46. The van der Waals surface area contributed by atoms with Gasteiger partial charge in [-0.2, -0.15) is 0 Å². The second-order valence-corrected chi connectivity index (χ2v) is 7.38. The molecule has 0 spiro atoms. The minimum Gasteiger partial charge on any atom is -0.356 e. The summed E-state index contributed by atoms with van der Waals surface area (Å²) >= 11 is 0. The topological polar surface area (TPSA) is 49.4 Å². The zero-order chi connectivity index (χ0) is 16.0. The highest BCUT2D eigenvalue weighted by atomic mass is 16.2. The van der Waals surface area contributed by atoms with Gasteiger partial charge in [-0.3, -0.25) is 9.59 Å². The summed E-state index contributed by atoms with van der Waals surface area (Å²) < 4.78 is 0. The summed E-state index contributed by atoms with van der Waals surface area (Å²) in [6.45, 7) is 12.7. The maximum atomic E-state index is 12.6. The molecule has 1 heterocycles. The van der Waals surface area contributed by atoms with Crippen LogP contribution < -0.4 is 5.32 Å². The molecule has 2 amide bonds. The van der Waals surface area contributed by atoms with Crippen LogP contribution in [0.2, 0.25) is 0 Å². The van der Waals surface area contributed by atoms with Crippen molar-refractivity contribution in [2.75, 3.05) is 19.6 Å². The molecule has 1 fully saturated rings. The van der Waals surface area contributed by atoms with E-state index >= 15 is 0 Å². The summed E-state index contributed by atoms with van der Waals surface area (Å²) in [6, 6.07) is 0. The molecule has 1 rings (SSSR count). The van der Waals surface area contributed by atoms with Crippen molar-refractivity contribution in [2.24, 2.45) is 17.3 Å². The molecule has 0 bridgehead atoms. The molecule has 0 radical (unpaired) electrons. The van der Waals surface area contributed by atoms with Gasteiger partial charge in [-0.05, 0) is 38.0 Å². The van der Waals surface area contributed by atoms with Crippen molar-refractivity contribution >= 4 is 11.8 Å². The average molecular weight is 296 g/mol. The van der Waals surface area contributed by atoms with Gasteiger partial charge in [-0.1, -0.05) is 27.7 Å². The lowest BCUT2D eigenvalue weighted by Gasteiger charge is -2.37. The number of carbonyl (C=O) groups excluding carboxylic acids is 2. The van der Waals surface area contributed by atoms with Gasteiger partial charge < -0.3 is 10.2 Å². The quantitative estimate of drug-likeness (QED) is 0.819. The molecule has 0 aromatic heterocycles. The Labute approximate surface area is 129 Å². The molecule has 0 unspecified atom stereocenters. The van der Waals surface area contributed by atoms with E-state index in [0.29, 0.717) is 24.8 Å². The van der Waals surface area contributed by atoms with Crippen LogP contribution in [0.1, 0.15) is 60.3 Å². The van der Waals surface area contributed by atoms with E-state index in [4.69, 9.17) is 0 Å². The van der Waals surface area contributed by atoms with Gasteiger partial charge in [0.1, 0.15) is 0 Å². The summed E-state index contributed by atoms with van der Waals surface area (Å²) in [6.07, 6.45) is 3.41. The minimum absolute atomic E-state index is 0.141. The molecule has 4 nitrogen and oxygen atoms in total. The average Bonchev–Trinajstić information content (AvgIpc) is 2.37. The highest BCUT2D eigenvalue weighted by Crippen LogP contribution is 2.30. The van der Waals surface area contributed by atoms with Gasteiger partial charge in [0.15, 0.2) is 0 Å². The van der Waals surface area contributed by atoms with Crippen LogP contribution in [-0.2, 0) is 9.59 Å². The number of hydrogen-bond acceptors (Lipinski definition) is 2. The zero-order valence-electron chi connectivity index (χ0n) is 14.4. The molecule has 1 saturated heterocycles. The van der Waals surface area contributed by atoms with Gasteiger partial charge in [-0.15, -0.1) is 0 Å². The Kier molecular flexibility index (Phi) is 6.69. The van der Waals surface area contributed by atoms with E-state index in [-0.39, 0.29) is 17.2 Å². The molecule has 0 aliphatic carbocycles. The third-order valence-corrected chi connectivity index (χ3v) is 4.25. The Morgan fingerprint density at radius 3 is 2.29 bits per heavy atom. The Hall–Kier alpha value is -1.06. The zero-order valence-corrected chi connectivity index (χ0v) is 14.4. The summed E-state index contributed by atoms with van der Waals surface area (Å²) in [7, 11) is 0. The number of hydrogen-bond donors (Lipinski definition) is 1. The fourth-order valence-corrected chi connectivity index (χ4v) is 3.41. The van der Waals surface area contributed by atoms with Gasteiger partial charge >= 0.3 is 0 Å². The maximum Gasteiger partial charge on any atom is 0.228 e. The lowest BCUT2D eigenvalue weighted by atomic mass is 9.81. The van der Waals surface area contributed by atoms with E-state index in [1.807, 2.05) is 11.8 Å². The smallest absolute Gasteiger partial charge is 0.228 e. The minimum atomic E-state index is -0.277. The summed E-state index contributed by atoms with van der Waals surface area (Å²) in [5, 5.41) is 2.85. The molecule has 122 valence electrons. The van der Waals surface area contributed by atoms with Crippen molar-refractivity contribution in [2.45, 2.75) is 60.3 Å². The fraction of sp³-hybridized carbons (Fsp3) is 0.882. The van der Waals surface area contributed by atoms with Crippen LogP contribution >= 0.6 is 0 Å². The molecule has 4 heteroatoms. The standard InChI is InChI=1S/C17H32N2O2/c1-6-18-15(20)11-14-7-9-19(10-8-14)16(21)17(4,5)12-13(2)3/h13-14H,6-12H2,1-5H3,(H,18,20). The second-order valence-electron chi connectivity index (χ2n) is 7.38. The van der Waals surface area contributed by atoms with Gasteiger partial charge in [0.25, 0.3) is 0 Å². The third-order valence-electron chi connectivity index (χ3n) is 4.25. The van der Waals surface area contributed by atoms with Crippen LogP contribution in [-0.4, -0.2) is 36.3 Å². The monoisotopic (exact) mass is 296 g/mol. The predicted octanol–water partition coefficient (Wildman–Crippen LogP) is 2.82. The Balaban J connectivity index is 2.45. The van der Waals surface area contributed by atoms with Gasteiger partial charge in [0, 0.05) is 31.5 Å². The van der Waals surface area contributed by atoms with E-state index in [2.05, 4.69) is 33.0 Å². The lowest BCUT2D eigenvalue weighted by molar-refractivity contribution is -0.142. The highest BCUT2D eigenvalue weighted by molar-refractivity contribution is 5.82. The van der Waals surface area contributed by atoms with Crippen LogP contribution in [0.15, 0.2) is 0 Å². The van der Waals surface area contributed by atoms with Crippen molar-refractivity contribution in [3.63, 3.8) is 0 Å². The van der Waals surface area contributed by atoms with E-state index in [0.717, 1.165) is 32.4 Å². The number of amides is 2. The number of carbonyl (C=O) groups is 2. The van der Waals surface area contributed by atoms with Crippen molar-refractivity contribution in [1.29, 1.82) is 0 Å². The number of likely N-dealkylation sites (tertiary alicyclic amines) is 1. The third kappa shape index (κ3) is 5.68. The van der Waals surface area contributed by atoms with Gasteiger partial charge in [0.2, 0.25) is 11.8 Å². The Morgan fingerprint density at radius 1 is 1.24 bits per heavy atom. The summed E-state index contributed by atoms with van der Waals surface area (Å²) in [4.78, 5) is 26.2. The first-order chi connectivity index (χ1) is 9.76. The van der Waals surface area contributed by atoms with Crippen molar-refractivity contribution < 1.29 is 9.59 Å². The van der Waals surface area contributed by atoms with Crippen LogP contribution in [0.25, 0.3) is 0 Å². The molecule has 1 aliphatic heterocycles. The Morgan fingerprint density at radius 2 is 1.81 bits per heavy atom. The van der Waals surface area contributed by atoms with E-state index in [1.54, 1.807) is 0 Å². The largest absolute Gasteiger partial charge is 0.356 e. The van der Waals surface area contributed by atoms with Crippen LogP contribution in [0.3, 0.4) is 0 Å². The molecule has 1 aliphatic rings. The maximum absolute atomic E-state index is 12.6. The Bertz CT molecular complexity index is 356. The molecule has 1 N–H and O–H groups in total. The highest BCUT2D eigenvalue weighted by Gasteiger charge is 2.34.